The first kappa shape index (κ1) is 25.2. The fraction of sp³-hybridized carbons (Fsp3) is 0.370. The van der Waals surface area contributed by atoms with Crippen molar-refractivity contribution in [1.29, 1.82) is 0 Å². The van der Waals surface area contributed by atoms with Gasteiger partial charge in [-0.05, 0) is 31.9 Å². The lowest BCUT2D eigenvalue weighted by Crippen LogP contribution is -2.49. The monoisotopic (exact) mass is 495 g/mol. The number of rotatable bonds is 7. The predicted molar refractivity (Wildman–Crippen MR) is 136 cm³/mol. The van der Waals surface area contributed by atoms with Crippen LogP contribution in [0.25, 0.3) is 0 Å². The van der Waals surface area contributed by atoms with E-state index in [0.717, 1.165) is 0 Å². The molecule has 1 fully saturated rings. The van der Waals surface area contributed by atoms with Crippen LogP contribution in [0, 0.1) is 13.8 Å². The molecule has 2 heterocycles. The summed E-state index contributed by atoms with van der Waals surface area (Å²) in [6.45, 7) is 7.34. The number of sulfonamides is 1. The Bertz CT molecular complexity index is 1240. The summed E-state index contributed by atoms with van der Waals surface area (Å²) in [5.41, 5.74) is 3.64. The Labute approximate surface area is 208 Å². The number of hydrogen-bond acceptors (Lipinski definition) is 5. The molecule has 0 unspecified atom stereocenters. The first-order valence-electron chi connectivity index (χ1n) is 11.9. The van der Waals surface area contributed by atoms with E-state index in [1.807, 2.05) is 36.4 Å². The molecule has 1 saturated heterocycles. The van der Waals surface area contributed by atoms with Crippen molar-refractivity contribution in [3.05, 3.63) is 88.7 Å². The Balaban J connectivity index is 1.60. The van der Waals surface area contributed by atoms with Crippen molar-refractivity contribution in [3.63, 3.8) is 0 Å². The van der Waals surface area contributed by atoms with Crippen molar-refractivity contribution in [2.75, 3.05) is 32.8 Å². The van der Waals surface area contributed by atoms with Crippen molar-refractivity contribution < 1.29 is 17.9 Å². The molecular weight excluding hydrogens is 462 g/mol. The van der Waals surface area contributed by atoms with E-state index in [0.29, 0.717) is 37.4 Å². The molecule has 1 aliphatic heterocycles. The fourth-order valence-corrected chi connectivity index (χ4v) is 6.93. The zero-order valence-electron chi connectivity index (χ0n) is 20.8. The highest BCUT2D eigenvalue weighted by Gasteiger charge is 2.36. The molecule has 0 saturated carbocycles. The second-order valence-electron chi connectivity index (χ2n) is 8.83. The largest absolute Gasteiger partial charge is 0.461 e. The minimum atomic E-state index is -3.77. The van der Waals surface area contributed by atoms with E-state index >= 15 is 0 Å². The molecule has 0 amide bonds. The van der Waals surface area contributed by atoms with Gasteiger partial charge in [0.2, 0.25) is 10.0 Å². The van der Waals surface area contributed by atoms with E-state index in [1.165, 1.54) is 11.1 Å². The lowest BCUT2D eigenvalue weighted by molar-refractivity contribution is 0.0514. The molecule has 4 rings (SSSR count). The summed E-state index contributed by atoms with van der Waals surface area (Å²) in [4.78, 5) is 15.0. The standard InChI is InChI=1S/C27H33N3O4S/c1-5-34-27(31)24-20(2)26(21(3)28(24)4)35(32,33)30-18-16-29(17-19-30)25(22-12-8-6-9-13-22)23-14-10-7-11-15-23/h6-15,25H,5,16-19H2,1-4H3. The Morgan fingerprint density at radius 1 is 0.914 bits per heavy atom. The number of carbonyl (C=O) groups excluding carboxylic acids is 1. The van der Waals surface area contributed by atoms with E-state index in [2.05, 4.69) is 29.2 Å². The number of aromatic nitrogens is 1. The van der Waals surface area contributed by atoms with Gasteiger partial charge in [0.25, 0.3) is 0 Å². The molecule has 0 aliphatic carbocycles. The summed E-state index contributed by atoms with van der Waals surface area (Å²) in [6.07, 6.45) is 0. The highest BCUT2D eigenvalue weighted by Crippen LogP contribution is 2.33. The summed E-state index contributed by atoms with van der Waals surface area (Å²) < 4.78 is 35.8. The molecule has 35 heavy (non-hydrogen) atoms. The van der Waals surface area contributed by atoms with Gasteiger partial charge < -0.3 is 9.30 Å². The topological polar surface area (TPSA) is 71.8 Å². The van der Waals surface area contributed by atoms with Gasteiger partial charge in [-0.1, -0.05) is 60.7 Å². The van der Waals surface area contributed by atoms with E-state index in [-0.39, 0.29) is 23.2 Å². The molecule has 0 bridgehead atoms. The third kappa shape index (κ3) is 4.78. The first-order valence-corrected chi connectivity index (χ1v) is 13.4. The SMILES string of the molecule is CCOC(=O)c1c(C)c(S(=O)(=O)N2CCN(C(c3ccccc3)c3ccccc3)CC2)c(C)n1C. The van der Waals surface area contributed by atoms with Gasteiger partial charge in [-0.3, -0.25) is 4.90 Å². The molecule has 186 valence electrons. The van der Waals surface area contributed by atoms with E-state index in [1.54, 1.807) is 36.7 Å². The molecular formula is C27H33N3O4S. The highest BCUT2D eigenvalue weighted by molar-refractivity contribution is 7.89. The van der Waals surface area contributed by atoms with Crippen LogP contribution in [0.15, 0.2) is 65.6 Å². The molecule has 8 heteroatoms. The summed E-state index contributed by atoms with van der Waals surface area (Å²) >= 11 is 0. The zero-order chi connectivity index (χ0) is 25.2. The summed E-state index contributed by atoms with van der Waals surface area (Å²) in [7, 11) is -2.07. The number of carbonyl (C=O) groups is 1. The fourth-order valence-electron chi connectivity index (χ4n) is 5.04. The smallest absolute Gasteiger partial charge is 0.355 e. The Morgan fingerprint density at radius 2 is 1.43 bits per heavy atom. The van der Waals surface area contributed by atoms with E-state index < -0.39 is 16.0 Å². The minimum absolute atomic E-state index is 0.0536. The summed E-state index contributed by atoms with van der Waals surface area (Å²) in [5, 5.41) is 0. The van der Waals surface area contributed by atoms with Crippen molar-refractivity contribution in [3.8, 4) is 0 Å². The van der Waals surface area contributed by atoms with E-state index in [9.17, 15) is 13.2 Å². The molecule has 0 N–H and O–H groups in total. The minimum Gasteiger partial charge on any atom is -0.461 e. The van der Waals surface area contributed by atoms with Crippen LogP contribution in [0.5, 0.6) is 0 Å². The number of ether oxygens (including phenoxy) is 1. The van der Waals surface area contributed by atoms with Gasteiger partial charge in [0.05, 0.1) is 12.6 Å². The summed E-state index contributed by atoms with van der Waals surface area (Å²) in [5.74, 6) is -0.504. The van der Waals surface area contributed by atoms with E-state index in [4.69, 9.17) is 4.74 Å². The highest BCUT2D eigenvalue weighted by atomic mass is 32.2. The van der Waals surface area contributed by atoms with Crippen LogP contribution < -0.4 is 0 Å². The van der Waals surface area contributed by atoms with Crippen LogP contribution >= 0.6 is 0 Å². The van der Waals surface area contributed by atoms with Gasteiger partial charge in [0.1, 0.15) is 10.6 Å². The van der Waals surface area contributed by atoms with Crippen LogP contribution in [0.4, 0.5) is 0 Å². The van der Waals surface area contributed by atoms with Crippen LogP contribution in [-0.4, -0.2) is 60.9 Å². The average molecular weight is 496 g/mol. The molecule has 0 atom stereocenters. The van der Waals surface area contributed by atoms with Crippen LogP contribution in [0.1, 0.15) is 45.8 Å². The average Bonchev–Trinajstić information content (AvgIpc) is 3.09. The van der Waals surface area contributed by atoms with Gasteiger partial charge in [-0.15, -0.1) is 0 Å². The second-order valence-corrected chi connectivity index (χ2v) is 10.7. The maximum Gasteiger partial charge on any atom is 0.355 e. The predicted octanol–water partition coefficient (Wildman–Crippen LogP) is 3.91. The van der Waals surface area contributed by atoms with Crippen molar-refractivity contribution in [1.82, 2.24) is 13.8 Å². The number of benzene rings is 2. The number of piperazine rings is 1. The first-order chi connectivity index (χ1) is 16.8. The molecule has 1 aliphatic rings. The lowest BCUT2D eigenvalue weighted by Gasteiger charge is -2.39. The van der Waals surface area contributed by atoms with Gasteiger partial charge in [-0.25, -0.2) is 13.2 Å². The Hall–Kier alpha value is -2.94. The van der Waals surface area contributed by atoms with Crippen molar-refractivity contribution in [2.24, 2.45) is 7.05 Å². The van der Waals surface area contributed by atoms with Gasteiger partial charge in [0.15, 0.2) is 0 Å². The maximum absolute atomic E-state index is 13.7. The molecule has 1 aromatic heterocycles. The molecule has 7 nitrogen and oxygen atoms in total. The molecule has 2 aromatic carbocycles. The Kier molecular flexibility index (Phi) is 7.44. The molecule has 3 aromatic rings. The quantitative estimate of drug-likeness (QED) is 0.465. The van der Waals surface area contributed by atoms with Crippen LogP contribution in [0.2, 0.25) is 0 Å². The van der Waals surface area contributed by atoms with Crippen molar-refractivity contribution in [2.45, 2.75) is 31.7 Å². The number of esters is 1. The van der Waals surface area contributed by atoms with Crippen LogP contribution in [-0.2, 0) is 21.8 Å². The van der Waals surface area contributed by atoms with Crippen molar-refractivity contribution >= 4 is 16.0 Å². The maximum atomic E-state index is 13.7. The number of hydrogen-bond donors (Lipinski definition) is 0. The Morgan fingerprint density at radius 3 is 1.91 bits per heavy atom. The lowest BCUT2D eigenvalue weighted by atomic mass is 9.96. The van der Waals surface area contributed by atoms with Crippen LogP contribution in [0.3, 0.4) is 0 Å². The molecule has 0 radical (unpaired) electrons. The third-order valence-corrected chi connectivity index (χ3v) is 8.96. The second kappa shape index (κ2) is 10.4. The third-order valence-electron chi connectivity index (χ3n) is 6.80. The number of nitrogens with zero attached hydrogens (tertiary/aromatic N) is 3. The molecule has 0 spiro atoms. The summed E-state index contributed by atoms with van der Waals surface area (Å²) in [6, 6.07) is 20.7. The van der Waals surface area contributed by atoms with Gasteiger partial charge >= 0.3 is 5.97 Å². The van der Waals surface area contributed by atoms with Gasteiger partial charge in [-0.2, -0.15) is 4.31 Å². The zero-order valence-corrected chi connectivity index (χ0v) is 21.6. The normalized spacial score (nSPS) is 15.5. The van der Waals surface area contributed by atoms with Gasteiger partial charge in [0, 0.05) is 44.5 Å².